The Kier molecular flexibility index (Phi) is 3.68. The lowest BCUT2D eigenvalue weighted by Gasteiger charge is -2.17. The third-order valence-electron chi connectivity index (χ3n) is 0.895. The number of rotatable bonds is 1. The fourth-order valence-electron chi connectivity index (χ4n) is 0.475. The second kappa shape index (κ2) is 3.78. The quantitative estimate of drug-likeness (QED) is 0.463. The molecule has 0 saturated carbocycles. The van der Waals surface area contributed by atoms with Crippen molar-refractivity contribution in [2.24, 2.45) is 0 Å². The Hall–Kier alpha value is -0.280. The maximum atomic E-state index is 10.4. The summed E-state index contributed by atoms with van der Waals surface area (Å²) in [5.74, 6) is 0. The van der Waals surface area contributed by atoms with Gasteiger partial charge in [0, 0.05) is 6.04 Å². The van der Waals surface area contributed by atoms with Crippen molar-refractivity contribution in [3.8, 4) is 0 Å². The molecule has 3 nitrogen and oxygen atoms in total. The van der Waals surface area contributed by atoms with Gasteiger partial charge < -0.3 is 0 Å². The molecule has 0 bridgehead atoms. The van der Waals surface area contributed by atoms with Crippen LogP contribution in [0.5, 0.6) is 0 Å². The highest BCUT2D eigenvalue weighted by molar-refractivity contribution is 6.70. The van der Waals surface area contributed by atoms with Crippen LogP contribution in [-0.4, -0.2) is 21.7 Å². The predicted octanol–water partition coefficient (Wildman–Crippen LogP) is 2.41. The smallest absolute Gasteiger partial charge is 0.255 e. The minimum atomic E-state index is -0.852. The normalized spacial score (nSPS) is 9.70. The van der Waals surface area contributed by atoms with Crippen molar-refractivity contribution in [1.82, 2.24) is 4.90 Å². The molecule has 5 heteroatoms. The maximum absolute atomic E-state index is 10.4. The molecule has 0 aromatic rings. The van der Waals surface area contributed by atoms with Crippen molar-refractivity contribution in [3.05, 3.63) is 0 Å². The van der Waals surface area contributed by atoms with E-state index in [1.165, 1.54) is 0 Å². The minimum absolute atomic E-state index is 0.296. The number of hydrogen-bond donors (Lipinski definition) is 0. The molecule has 0 atom stereocenters. The molecular weight excluding hydrogens is 177 g/mol. The number of carbonyl (C=O) groups is 2. The van der Waals surface area contributed by atoms with Crippen LogP contribution in [0.2, 0.25) is 0 Å². The summed E-state index contributed by atoms with van der Waals surface area (Å²) in [5, 5.41) is -1.70. The number of amides is 2. The molecule has 0 N–H and O–H groups in total. The molecule has 0 aromatic heterocycles. The van der Waals surface area contributed by atoms with Gasteiger partial charge in [0.15, 0.2) is 0 Å². The van der Waals surface area contributed by atoms with Crippen molar-refractivity contribution in [3.63, 3.8) is 0 Å². The minimum Gasteiger partial charge on any atom is -0.255 e. The van der Waals surface area contributed by atoms with Crippen LogP contribution in [-0.2, 0) is 0 Å². The summed E-state index contributed by atoms with van der Waals surface area (Å²) in [6.07, 6.45) is 0. The van der Waals surface area contributed by atoms with Crippen molar-refractivity contribution in [2.45, 2.75) is 19.9 Å². The zero-order valence-electron chi connectivity index (χ0n) is 5.60. The number of imide groups is 1. The lowest BCUT2D eigenvalue weighted by molar-refractivity contribution is 0.205. The van der Waals surface area contributed by atoms with E-state index in [2.05, 4.69) is 0 Å². The first-order chi connectivity index (χ1) is 4.46. The van der Waals surface area contributed by atoms with E-state index in [1.54, 1.807) is 13.8 Å². The Bertz CT molecular complexity index is 144. The zero-order chi connectivity index (χ0) is 8.31. The van der Waals surface area contributed by atoms with Gasteiger partial charge in [-0.3, -0.25) is 14.5 Å². The van der Waals surface area contributed by atoms with E-state index in [9.17, 15) is 9.59 Å². The average molecular weight is 184 g/mol. The molecule has 0 aliphatic carbocycles. The van der Waals surface area contributed by atoms with Crippen molar-refractivity contribution < 1.29 is 9.59 Å². The molecule has 2 amide bonds. The summed E-state index contributed by atoms with van der Waals surface area (Å²) in [4.78, 5) is 21.6. The summed E-state index contributed by atoms with van der Waals surface area (Å²) < 4.78 is 0. The Morgan fingerprint density at radius 1 is 1.20 bits per heavy atom. The highest BCUT2D eigenvalue weighted by Crippen LogP contribution is 2.06. The summed E-state index contributed by atoms with van der Waals surface area (Å²) >= 11 is 10.0. The number of hydrogen-bond acceptors (Lipinski definition) is 2. The van der Waals surface area contributed by atoms with E-state index in [0.29, 0.717) is 0 Å². The highest BCUT2D eigenvalue weighted by atomic mass is 35.5. The average Bonchev–Trinajstić information content (AvgIpc) is 1.59. The molecule has 0 spiro atoms. The fourth-order valence-corrected chi connectivity index (χ4v) is 1.06. The van der Waals surface area contributed by atoms with Crippen LogP contribution >= 0.6 is 23.2 Å². The second-order valence-electron chi connectivity index (χ2n) is 1.97. The van der Waals surface area contributed by atoms with Gasteiger partial charge >= 0.3 is 10.7 Å². The van der Waals surface area contributed by atoms with Gasteiger partial charge in [-0.1, -0.05) is 0 Å². The van der Waals surface area contributed by atoms with E-state index >= 15 is 0 Å². The van der Waals surface area contributed by atoms with Gasteiger partial charge in [0.05, 0.1) is 0 Å². The van der Waals surface area contributed by atoms with Crippen LogP contribution in [0.25, 0.3) is 0 Å². The summed E-state index contributed by atoms with van der Waals surface area (Å²) in [6.45, 7) is 3.28. The van der Waals surface area contributed by atoms with E-state index < -0.39 is 10.7 Å². The van der Waals surface area contributed by atoms with Gasteiger partial charge in [-0.2, -0.15) is 0 Å². The SMILES string of the molecule is CC(C)N(C(=O)Cl)C(=O)Cl. The second-order valence-corrected chi connectivity index (χ2v) is 2.62. The van der Waals surface area contributed by atoms with E-state index in [1.807, 2.05) is 0 Å². The van der Waals surface area contributed by atoms with E-state index in [4.69, 9.17) is 23.2 Å². The Labute approximate surface area is 68.9 Å². The third-order valence-corrected chi connectivity index (χ3v) is 1.26. The van der Waals surface area contributed by atoms with Gasteiger partial charge in [-0.15, -0.1) is 0 Å². The zero-order valence-corrected chi connectivity index (χ0v) is 7.11. The third kappa shape index (κ3) is 2.54. The van der Waals surface area contributed by atoms with Gasteiger partial charge in [0.1, 0.15) is 0 Å². The number of carbonyl (C=O) groups excluding carboxylic acids is 2. The lowest BCUT2D eigenvalue weighted by atomic mass is 10.4. The molecule has 0 aromatic carbocycles. The Balaban J connectivity index is 4.27. The summed E-state index contributed by atoms with van der Waals surface area (Å²) in [6, 6.07) is -0.296. The largest absolute Gasteiger partial charge is 0.324 e. The first-order valence-corrected chi connectivity index (χ1v) is 3.40. The van der Waals surface area contributed by atoms with E-state index in [-0.39, 0.29) is 6.04 Å². The van der Waals surface area contributed by atoms with Crippen molar-refractivity contribution in [2.75, 3.05) is 0 Å². The summed E-state index contributed by atoms with van der Waals surface area (Å²) in [5.41, 5.74) is 0. The van der Waals surface area contributed by atoms with Crippen LogP contribution in [0.3, 0.4) is 0 Å². The molecule has 0 radical (unpaired) electrons. The monoisotopic (exact) mass is 183 g/mol. The highest BCUT2D eigenvalue weighted by Gasteiger charge is 2.20. The standard InChI is InChI=1S/C5H7Cl2NO2/c1-3(2)8(4(6)9)5(7)10/h3H,1-2H3. The molecule has 0 saturated heterocycles. The fraction of sp³-hybridized carbons (Fsp3) is 0.600. The van der Waals surface area contributed by atoms with Crippen molar-refractivity contribution in [1.29, 1.82) is 0 Å². The molecular formula is C5H7Cl2NO2. The first kappa shape index (κ1) is 9.72. The van der Waals surface area contributed by atoms with Crippen LogP contribution in [0.4, 0.5) is 9.59 Å². The number of halogens is 2. The van der Waals surface area contributed by atoms with Crippen LogP contribution in [0, 0.1) is 0 Å². The van der Waals surface area contributed by atoms with Crippen LogP contribution < -0.4 is 0 Å². The van der Waals surface area contributed by atoms with Gasteiger partial charge in [-0.25, -0.2) is 0 Å². The number of nitrogens with zero attached hydrogens (tertiary/aromatic N) is 1. The van der Waals surface area contributed by atoms with Crippen LogP contribution in [0.1, 0.15) is 13.8 Å². The molecule has 0 aliphatic heterocycles. The molecule has 0 rings (SSSR count). The van der Waals surface area contributed by atoms with Gasteiger partial charge in [0.2, 0.25) is 0 Å². The van der Waals surface area contributed by atoms with Gasteiger partial charge in [0.25, 0.3) is 0 Å². The molecule has 0 heterocycles. The lowest BCUT2D eigenvalue weighted by Crippen LogP contribution is -2.35. The molecule has 0 unspecified atom stereocenters. The van der Waals surface area contributed by atoms with Crippen LogP contribution in [0.15, 0.2) is 0 Å². The predicted molar refractivity (Wildman–Crippen MR) is 39.5 cm³/mol. The molecule has 0 fully saturated rings. The topological polar surface area (TPSA) is 37.4 Å². The summed E-state index contributed by atoms with van der Waals surface area (Å²) in [7, 11) is 0. The maximum Gasteiger partial charge on any atom is 0.324 e. The molecule has 10 heavy (non-hydrogen) atoms. The first-order valence-electron chi connectivity index (χ1n) is 2.65. The van der Waals surface area contributed by atoms with Gasteiger partial charge in [-0.05, 0) is 37.0 Å². The molecule has 0 aliphatic rings. The van der Waals surface area contributed by atoms with E-state index in [0.717, 1.165) is 4.90 Å². The van der Waals surface area contributed by atoms with Crippen molar-refractivity contribution >= 4 is 33.9 Å². The Morgan fingerprint density at radius 2 is 1.50 bits per heavy atom. The molecule has 58 valence electrons. The Morgan fingerprint density at radius 3 is 1.50 bits per heavy atom.